The SMILES string of the molecule is Cc1cc(C)cc(C(=O)N2CCN(C(=O)C3CC3C)CC2)c1. The van der Waals surface area contributed by atoms with Crippen molar-refractivity contribution in [3.8, 4) is 0 Å². The van der Waals surface area contributed by atoms with Gasteiger partial charge in [0.2, 0.25) is 5.91 Å². The van der Waals surface area contributed by atoms with Crippen LogP contribution in [0.4, 0.5) is 0 Å². The fraction of sp³-hybridized carbons (Fsp3) is 0.556. The first-order valence-corrected chi connectivity index (χ1v) is 8.12. The Balaban J connectivity index is 1.61. The number of rotatable bonds is 2. The normalized spacial score (nSPS) is 24.3. The van der Waals surface area contributed by atoms with E-state index in [1.165, 1.54) is 0 Å². The van der Waals surface area contributed by atoms with Gasteiger partial charge >= 0.3 is 0 Å². The summed E-state index contributed by atoms with van der Waals surface area (Å²) in [4.78, 5) is 28.6. The molecular weight excluding hydrogens is 276 g/mol. The average Bonchev–Trinajstić information content (AvgIpc) is 3.22. The van der Waals surface area contributed by atoms with Crippen LogP contribution in [0.5, 0.6) is 0 Å². The number of amides is 2. The molecule has 118 valence electrons. The monoisotopic (exact) mass is 300 g/mol. The summed E-state index contributed by atoms with van der Waals surface area (Å²) in [7, 11) is 0. The van der Waals surface area contributed by atoms with E-state index in [9.17, 15) is 9.59 Å². The molecule has 0 aromatic heterocycles. The molecule has 2 amide bonds. The van der Waals surface area contributed by atoms with Gasteiger partial charge in [-0.05, 0) is 38.3 Å². The van der Waals surface area contributed by atoms with Gasteiger partial charge in [0.15, 0.2) is 0 Å². The van der Waals surface area contributed by atoms with Crippen LogP contribution < -0.4 is 0 Å². The average molecular weight is 300 g/mol. The van der Waals surface area contributed by atoms with Gasteiger partial charge in [-0.15, -0.1) is 0 Å². The molecule has 1 saturated heterocycles. The first kappa shape index (κ1) is 15.1. The zero-order valence-electron chi connectivity index (χ0n) is 13.6. The fourth-order valence-corrected chi connectivity index (χ4v) is 3.31. The molecule has 0 spiro atoms. The Bertz CT molecular complexity index is 583. The molecule has 2 aliphatic rings. The Morgan fingerprint density at radius 2 is 1.45 bits per heavy atom. The van der Waals surface area contributed by atoms with Gasteiger partial charge in [-0.25, -0.2) is 0 Å². The van der Waals surface area contributed by atoms with E-state index in [0.29, 0.717) is 32.1 Å². The van der Waals surface area contributed by atoms with Crippen molar-refractivity contribution in [2.45, 2.75) is 27.2 Å². The third-order valence-corrected chi connectivity index (χ3v) is 4.77. The summed E-state index contributed by atoms with van der Waals surface area (Å²) < 4.78 is 0. The molecule has 1 aromatic rings. The van der Waals surface area contributed by atoms with Crippen molar-refractivity contribution in [3.63, 3.8) is 0 Å². The molecule has 2 fully saturated rings. The fourth-order valence-electron chi connectivity index (χ4n) is 3.31. The van der Waals surface area contributed by atoms with Crippen molar-refractivity contribution in [1.29, 1.82) is 0 Å². The first-order valence-electron chi connectivity index (χ1n) is 8.12. The highest BCUT2D eigenvalue weighted by Crippen LogP contribution is 2.39. The quantitative estimate of drug-likeness (QED) is 0.840. The molecule has 1 aliphatic carbocycles. The second-order valence-corrected chi connectivity index (χ2v) is 6.81. The van der Waals surface area contributed by atoms with Crippen LogP contribution in [0.15, 0.2) is 18.2 Å². The number of hydrogen-bond acceptors (Lipinski definition) is 2. The Labute approximate surface area is 132 Å². The predicted molar refractivity (Wildman–Crippen MR) is 85.7 cm³/mol. The van der Waals surface area contributed by atoms with Crippen LogP contribution in [-0.4, -0.2) is 47.8 Å². The Kier molecular flexibility index (Phi) is 3.94. The molecule has 4 nitrogen and oxygen atoms in total. The highest BCUT2D eigenvalue weighted by molar-refractivity contribution is 5.95. The first-order chi connectivity index (χ1) is 10.5. The van der Waals surface area contributed by atoms with E-state index in [2.05, 4.69) is 13.0 Å². The van der Waals surface area contributed by atoms with Crippen molar-refractivity contribution in [1.82, 2.24) is 9.80 Å². The maximum absolute atomic E-state index is 12.6. The van der Waals surface area contributed by atoms with Gasteiger partial charge < -0.3 is 9.80 Å². The molecule has 2 atom stereocenters. The highest BCUT2D eigenvalue weighted by Gasteiger charge is 2.42. The second kappa shape index (κ2) is 5.75. The number of piperazine rings is 1. The third kappa shape index (κ3) is 3.01. The lowest BCUT2D eigenvalue weighted by Gasteiger charge is -2.35. The molecule has 22 heavy (non-hydrogen) atoms. The van der Waals surface area contributed by atoms with Crippen LogP contribution in [0, 0.1) is 25.7 Å². The van der Waals surface area contributed by atoms with Gasteiger partial charge in [0.05, 0.1) is 0 Å². The van der Waals surface area contributed by atoms with Crippen LogP contribution in [0.25, 0.3) is 0 Å². The molecule has 2 unspecified atom stereocenters. The van der Waals surface area contributed by atoms with Crippen LogP contribution >= 0.6 is 0 Å². The van der Waals surface area contributed by atoms with E-state index in [1.807, 2.05) is 35.8 Å². The zero-order valence-corrected chi connectivity index (χ0v) is 13.6. The zero-order chi connectivity index (χ0) is 15.9. The molecule has 1 aliphatic heterocycles. The van der Waals surface area contributed by atoms with Gasteiger partial charge in [0.25, 0.3) is 5.91 Å². The largest absolute Gasteiger partial charge is 0.339 e. The molecule has 0 N–H and O–H groups in total. The van der Waals surface area contributed by atoms with Crippen molar-refractivity contribution in [2.24, 2.45) is 11.8 Å². The summed E-state index contributed by atoms with van der Waals surface area (Å²) >= 11 is 0. The Morgan fingerprint density at radius 3 is 1.95 bits per heavy atom. The predicted octanol–water partition coefficient (Wildman–Crippen LogP) is 2.24. The molecule has 0 radical (unpaired) electrons. The standard InChI is InChI=1S/C18H24N2O2/c1-12-8-13(2)10-15(9-12)17(21)19-4-6-20(7-5-19)18(22)16-11-14(16)3/h8-10,14,16H,4-7,11H2,1-3H3. The van der Waals surface area contributed by atoms with E-state index >= 15 is 0 Å². The number of hydrogen-bond donors (Lipinski definition) is 0. The summed E-state index contributed by atoms with van der Waals surface area (Å²) in [6, 6.07) is 5.96. The summed E-state index contributed by atoms with van der Waals surface area (Å²) in [5, 5.41) is 0. The topological polar surface area (TPSA) is 40.6 Å². The molecule has 0 bridgehead atoms. The lowest BCUT2D eigenvalue weighted by molar-refractivity contribution is -0.134. The summed E-state index contributed by atoms with van der Waals surface area (Å²) in [5.41, 5.74) is 2.98. The molecule has 1 saturated carbocycles. The number of aryl methyl sites for hydroxylation is 2. The molecule has 3 rings (SSSR count). The molecule has 4 heteroatoms. The van der Waals surface area contributed by atoms with E-state index < -0.39 is 0 Å². The van der Waals surface area contributed by atoms with Crippen molar-refractivity contribution < 1.29 is 9.59 Å². The summed E-state index contributed by atoms with van der Waals surface area (Å²) in [6.07, 6.45) is 1.03. The molecule has 1 heterocycles. The van der Waals surface area contributed by atoms with Gasteiger partial charge in [0.1, 0.15) is 0 Å². The Morgan fingerprint density at radius 1 is 0.955 bits per heavy atom. The highest BCUT2D eigenvalue weighted by atomic mass is 16.2. The maximum Gasteiger partial charge on any atom is 0.253 e. The minimum atomic E-state index is 0.0821. The van der Waals surface area contributed by atoms with Gasteiger partial charge in [-0.2, -0.15) is 0 Å². The van der Waals surface area contributed by atoms with Crippen LogP contribution in [0.3, 0.4) is 0 Å². The van der Waals surface area contributed by atoms with Gasteiger partial charge in [-0.3, -0.25) is 9.59 Å². The van der Waals surface area contributed by atoms with Crippen molar-refractivity contribution in [2.75, 3.05) is 26.2 Å². The number of carbonyl (C=O) groups is 2. The van der Waals surface area contributed by atoms with E-state index in [1.54, 1.807) is 0 Å². The lowest BCUT2D eigenvalue weighted by atomic mass is 10.1. The molecule has 1 aromatic carbocycles. The van der Waals surface area contributed by atoms with Crippen molar-refractivity contribution in [3.05, 3.63) is 34.9 Å². The lowest BCUT2D eigenvalue weighted by Crippen LogP contribution is -2.51. The maximum atomic E-state index is 12.6. The second-order valence-electron chi connectivity index (χ2n) is 6.81. The minimum Gasteiger partial charge on any atom is -0.339 e. The van der Waals surface area contributed by atoms with Crippen LogP contribution in [-0.2, 0) is 4.79 Å². The molecular formula is C18H24N2O2. The van der Waals surface area contributed by atoms with Gasteiger partial charge in [-0.1, -0.05) is 24.1 Å². The van der Waals surface area contributed by atoms with E-state index in [-0.39, 0.29) is 17.7 Å². The van der Waals surface area contributed by atoms with Crippen LogP contribution in [0.1, 0.15) is 34.8 Å². The third-order valence-electron chi connectivity index (χ3n) is 4.77. The number of benzene rings is 1. The van der Waals surface area contributed by atoms with E-state index in [0.717, 1.165) is 23.1 Å². The minimum absolute atomic E-state index is 0.0821. The number of carbonyl (C=O) groups excluding carboxylic acids is 2. The Hall–Kier alpha value is -1.84. The summed E-state index contributed by atoms with van der Waals surface area (Å²) in [5.74, 6) is 1.15. The number of nitrogens with zero attached hydrogens (tertiary/aromatic N) is 2. The van der Waals surface area contributed by atoms with E-state index in [4.69, 9.17) is 0 Å². The van der Waals surface area contributed by atoms with Gasteiger partial charge in [0, 0.05) is 37.7 Å². The smallest absolute Gasteiger partial charge is 0.253 e. The summed E-state index contributed by atoms with van der Waals surface area (Å²) in [6.45, 7) is 8.76. The van der Waals surface area contributed by atoms with Crippen LogP contribution in [0.2, 0.25) is 0 Å². The van der Waals surface area contributed by atoms with Crippen molar-refractivity contribution >= 4 is 11.8 Å².